The molecule has 0 radical (unpaired) electrons. The van der Waals surface area contributed by atoms with Crippen LogP contribution >= 0.6 is 0 Å². The summed E-state index contributed by atoms with van der Waals surface area (Å²) in [6, 6.07) is 1.60. The molecule has 0 fully saturated rings. The zero-order valence-corrected chi connectivity index (χ0v) is 9.54. The number of hydrogen-bond acceptors (Lipinski definition) is 3. The molecule has 0 aliphatic carbocycles. The Hall–Kier alpha value is -1.85. The van der Waals surface area contributed by atoms with Gasteiger partial charge in [0.25, 0.3) is 5.91 Å². The van der Waals surface area contributed by atoms with Crippen molar-refractivity contribution in [3.63, 3.8) is 0 Å². The summed E-state index contributed by atoms with van der Waals surface area (Å²) in [6.07, 6.45) is 1.53. The summed E-state index contributed by atoms with van der Waals surface area (Å²) in [6.45, 7) is 1.74. The lowest BCUT2D eigenvalue weighted by Gasteiger charge is -2.19. The molecular weight excluding hydrogens is 210 g/mol. The van der Waals surface area contributed by atoms with Gasteiger partial charge < -0.3 is 10.0 Å². The van der Waals surface area contributed by atoms with E-state index in [0.717, 1.165) is 0 Å². The predicted octanol–water partition coefficient (Wildman–Crippen LogP) is 0.213. The van der Waals surface area contributed by atoms with E-state index in [4.69, 9.17) is 5.11 Å². The van der Waals surface area contributed by atoms with E-state index >= 15 is 0 Å². The van der Waals surface area contributed by atoms with Crippen LogP contribution in [-0.2, 0) is 11.8 Å². The average Bonchev–Trinajstić information content (AvgIpc) is 2.62. The monoisotopic (exact) mass is 225 g/mol. The van der Waals surface area contributed by atoms with Gasteiger partial charge in [-0.15, -0.1) is 0 Å². The maximum absolute atomic E-state index is 11.9. The van der Waals surface area contributed by atoms with Crippen molar-refractivity contribution in [1.29, 1.82) is 0 Å². The van der Waals surface area contributed by atoms with Gasteiger partial charge in [-0.25, -0.2) is 0 Å². The molecule has 0 bridgehead atoms. The molecule has 1 N–H and O–H groups in total. The third kappa shape index (κ3) is 2.59. The number of carboxylic acid groups (broad SMARTS) is 1. The van der Waals surface area contributed by atoms with Crippen LogP contribution in [-0.4, -0.2) is 45.3 Å². The summed E-state index contributed by atoms with van der Waals surface area (Å²) in [4.78, 5) is 23.9. The third-order valence-corrected chi connectivity index (χ3v) is 2.36. The molecule has 1 aromatic heterocycles. The lowest BCUT2D eigenvalue weighted by atomic mass is 10.1. The average molecular weight is 225 g/mol. The molecule has 0 spiro atoms. The van der Waals surface area contributed by atoms with Crippen molar-refractivity contribution in [3.8, 4) is 0 Å². The highest BCUT2D eigenvalue weighted by atomic mass is 16.4. The third-order valence-electron chi connectivity index (χ3n) is 2.36. The molecule has 0 saturated heterocycles. The van der Waals surface area contributed by atoms with Crippen molar-refractivity contribution in [1.82, 2.24) is 14.7 Å². The predicted molar refractivity (Wildman–Crippen MR) is 57.0 cm³/mol. The van der Waals surface area contributed by atoms with Crippen molar-refractivity contribution >= 4 is 11.9 Å². The number of hydrogen-bond donors (Lipinski definition) is 1. The second-order valence-corrected chi connectivity index (χ2v) is 3.77. The zero-order valence-electron chi connectivity index (χ0n) is 9.54. The number of amides is 1. The van der Waals surface area contributed by atoms with Gasteiger partial charge in [0.05, 0.1) is 5.92 Å². The van der Waals surface area contributed by atoms with E-state index in [9.17, 15) is 9.59 Å². The summed E-state index contributed by atoms with van der Waals surface area (Å²) in [5, 5.41) is 12.6. The topological polar surface area (TPSA) is 75.4 Å². The SMILES string of the molecule is CC(CN(C)C(=O)c1ccnn1C)C(=O)O. The molecular formula is C10H15N3O3. The molecule has 1 amide bonds. The number of aryl methyl sites for hydroxylation is 1. The Kier molecular flexibility index (Phi) is 3.65. The van der Waals surface area contributed by atoms with Crippen molar-refractivity contribution in [3.05, 3.63) is 18.0 Å². The fraction of sp³-hybridized carbons (Fsp3) is 0.500. The van der Waals surface area contributed by atoms with Crippen LogP contribution in [0.5, 0.6) is 0 Å². The molecule has 1 aromatic rings. The van der Waals surface area contributed by atoms with Crippen LogP contribution in [0.15, 0.2) is 12.3 Å². The molecule has 16 heavy (non-hydrogen) atoms. The largest absolute Gasteiger partial charge is 0.481 e. The Balaban J connectivity index is 2.69. The van der Waals surface area contributed by atoms with Gasteiger partial charge in [-0.2, -0.15) is 5.10 Å². The molecule has 1 atom stereocenters. The van der Waals surface area contributed by atoms with Crippen molar-refractivity contribution < 1.29 is 14.7 Å². The van der Waals surface area contributed by atoms with Gasteiger partial charge in [0, 0.05) is 26.8 Å². The van der Waals surface area contributed by atoms with Crippen molar-refractivity contribution in [2.75, 3.05) is 13.6 Å². The van der Waals surface area contributed by atoms with E-state index in [0.29, 0.717) is 5.69 Å². The normalized spacial score (nSPS) is 12.2. The smallest absolute Gasteiger partial charge is 0.308 e. The van der Waals surface area contributed by atoms with Crippen molar-refractivity contribution in [2.45, 2.75) is 6.92 Å². The Morgan fingerprint density at radius 3 is 2.69 bits per heavy atom. The van der Waals surface area contributed by atoms with Crippen LogP contribution in [0.4, 0.5) is 0 Å². The van der Waals surface area contributed by atoms with Crippen LogP contribution in [0.2, 0.25) is 0 Å². The molecule has 1 rings (SSSR count). The first-order chi connectivity index (χ1) is 7.43. The fourth-order valence-electron chi connectivity index (χ4n) is 1.35. The van der Waals surface area contributed by atoms with E-state index in [-0.39, 0.29) is 12.5 Å². The minimum absolute atomic E-state index is 0.180. The fourth-order valence-corrected chi connectivity index (χ4v) is 1.35. The van der Waals surface area contributed by atoms with Crippen LogP contribution in [0, 0.1) is 5.92 Å². The first kappa shape index (κ1) is 12.2. The van der Waals surface area contributed by atoms with E-state index in [1.807, 2.05) is 0 Å². The summed E-state index contributed by atoms with van der Waals surface area (Å²) in [5.74, 6) is -1.72. The van der Waals surface area contributed by atoms with Gasteiger partial charge in [0.1, 0.15) is 5.69 Å². The molecule has 0 aliphatic heterocycles. The summed E-state index contributed by atoms with van der Waals surface area (Å²) in [5.41, 5.74) is 0.445. The molecule has 6 heteroatoms. The Labute approximate surface area is 93.5 Å². The lowest BCUT2D eigenvalue weighted by molar-refractivity contribution is -0.141. The highest BCUT2D eigenvalue weighted by Gasteiger charge is 2.20. The molecule has 0 saturated carbocycles. The second kappa shape index (κ2) is 4.78. The number of carbonyl (C=O) groups is 2. The number of carbonyl (C=O) groups excluding carboxylic acids is 1. The summed E-state index contributed by atoms with van der Waals surface area (Å²) >= 11 is 0. The molecule has 0 aromatic carbocycles. The summed E-state index contributed by atoms with van der Waals surface area (Å²) < 4.78 is 1.46. The lowest BCUT2D eigenvalue weighted by Crippen LogP contribution is -2.34. The first-order valence-corrected chi connectivity index (χ1v) is 4.89. The highest BCUT2D eigenvalue weighted by Crippen LogP contribution is 2.05. The van der Waals surface area contributed by atoms with Crippen LogP contribution in [0.1, 0.15) is 17.4 Å². The second-order valence-electron chi connectivity index (χ2n) is 3.77. The standard InChI is InChI=1S/C10H15N3O3/c1-7(10(15)16)6-12(2)9(14)8-4-5-11-13(8)3/h4-5,7H,6H2,1-3H3,(H,15,16). The maximum atomic E-state index is 11.9. The van der Waals surface area contributed by atoms with Crippen LogP contribution < -0.4 is 0 Å². The number of rotatable bonds is 4. The van der Waals surface area contributed by atoms with E-state index in [1.165, 1.54) is 15.8 Å². The number of aliphatic carboxylic acids is 1. The van der Waals surface area contributed by atoms with E-state index in [2.05, 4.69) is 5.10 Å². The van der Waals surface area contributed by atoms with Gasteiger partial charge in [-0.05, 0) is 6.07 Å². The van der Waals surface area contributed by atoms with Gasteiger partial charge in [-0.1, -0.05) is 6.92 Å². The number of carboxylic acids is 1. The van der Waals surface area contributed by atoms with Gasteiger partial charge in [-0.3, -0.25) is 14.3 Å². The van der Waals surface area contributed by atoms with E-state index in [1.54, 1.807) is 27.1 Å². The molecule has 88 valence electrons. The number of nitrogens with zero attached hydrogens (tertiary/aromatic N) is 3. The quantitative estimate of drug-likeness (QED) is 0.795. The first-order valence-electron chi connectivity index (χ1n) is 4.89. The van der Waals surface area contributed by atoms with Crippen LogP contribution in [0.3, 0.4) is 0 Å². The zero-order chi connectivity index (χ0) is 12.3. The van der Waals surface area contributed by atoms with Crippen LogP contribution in [0.25, 0.3) is 0 Å². The minimum atomic E-state index is -0.912. The molecule has 1 heterocycles. The summed E-state index contributed by atoms with van der Waals surface area (Å²) in [7, 11) is 3.25. The van der Waals surface area contributed by atoms with Gasteiger partial charge in [0.15, 0.2) is 0 Å². The van der Waals surface area contributed by atoms with Crippen molar-refractivity contribution in [2.24, 2.45) is 13.0 Å². The maximum Gasteiger partial charge on any atom is 0.308 e. The van der Waals surface area contributed by atoms with Gasteiger partial charge in [0.2, 0.25) is 0 Å². The Morgan fingerprint density at radius 2 is 2.25 bits per heavy atom. The molecule has 1 unspecified atom stereocenters. The Morgan fingerprint density at radius 1 is 1.62 bits per heavy atom. The van der Waals surface area contributed by atoms with Gasteiger partial charge >= 0.3 is 5.97 Å². The van der Waals surface area contributed by atoms with E-state index < -0.39 is 11.9 Å². The highest BCUT2D eigenvalue weighted by molar-refractivity contribution is 5.92. The molecule has 0 aliphatic rings. The minimum Gasteiger partial charge on any atom is -0.481 e. The number of aromatic nitrogens is 2. The Bertz CT molecular complexity index is 400. The molecule has 6 nitrogen and oxygen atoms in total.